The summed E-state index contributed by atoms with van der Waals surface area (Å²) in [7, 11) is -3.36. The Labute approximate surface area is 159 Å². The summed E-state index contributed by atoms with van der Waals surface area (Å²) in [6, 6.07) is 4.81. The van der Waals surface area contributed by atoms with E-state index in [1.54, 1.807) is 12.1 Å². The molecule has 7 heteroatoms. The topological polar surface area (TPSA) is 77.5 Å². The zero-order chi connectivity index (χ0) is 18.9. The molecular formula is C19H23ClO5S. The smallest absolute Gasteiger partial charge is 0.317 e. The van der Waals surface area contributed by atoms with Gasteiger partial charge in [-0.3, -0.25) is 9.59 Å². The molecule has 0 bridgehead atoms. The third-order valence-corrected chi connectivity index (χ3v) is 6.91. The van der Waals surface area contributed by atoms with Crippen molar-refractivity contribution in [3.05, 3.63) is 28.8 Å². The van der Waals surface area contributed by atoms with E-state index in [-0.39, 0.29) is 34.0 Å². The average Bonchev–Trinajstić information content (AvgIpc) is 3.05. The molecule has 0 aromatic heterocycles. The van der Waals surface area contributed by atoms with Crippen LogP contribution in [0.15, 0.2) is 23.1 Å². The van der Waals surface area contributed by atoms with Gasteiger partial charge in [-0.15, -0.1) is 0 Å². The number of hydrogen-bond donors (Lipinski definition) is 0. The van der Waals surface area contributed by atoms with Gasteiger partial charge in [-0.2, -0.15) is 0 Å². The second kappa shape index (κ2) is 7.69. The van der Waals surface area contributed by atoms with Crippen LogP contribution in [0, 0.1) is 11.8 Å². The number of aryl methyl sites for hydroxylation is 1. The minimum Gasteiger partial charge on any atom is -0.461 e. The van der Waals surface area contributed by atoms with Crippen LogP contribution >= 0.6 is 11.6 Å². The van der Waals surface area contributed by atoms with Crippen LogP contribution in [0.25, 0.3) is 0 Å². The van der Waals surface area contributed by atoms with Crippen LogP contribution in [0.5, 0.6) is 0 Å². The predicted octanol–water partition coefficient (Wildman–Crippen LogP) is 3.37. The summed E-state index contributed by atoms with van der Waals surface area (Å²) < 4.78 is 28.7. The van der Waals surface area contributed by atoms with Crippen molar-refractivity contribution < 1.29 is 22.7 Å². The summed E-state index contributed by atoms with van der Waals surface area (Å²) >= 11 is 6.06. The first-order chi connectivity index (χ1) is 12.3. The van der Waals surface area contributed by atoms with E-state index in [0.717, 1.165) is 37.5 Å². The predicted molar refractivity (Wildman–Crippen MR) is 97.8 cm³/mol. The number of Topliss-reactive ketones (excluding diaryl/α,β-unsaturated/α-hetero) is 1. The molecule has 1 saturated heterocycles. The molecule has 0 N–H and O–H groups in total. The number of halogens is 1. The minimum atomic E-state index is -3.36. The van der Waals surface area contributed by atoms with Crippen LogP contribution < -0.4 is 0 Å². The van der Waals surface area contributed by atoms with Crippen molar-refractivity contribution in [3.8, 4) is 0 Å². The molecule has 142 valence electrons. The summed E-state index contributed by atoms with van der Waals surface area (Å²) in [5, 5.41) is 0.183. The van der Waals surface area contributed by atoms with Gasteiger partial charge >= 0.3 is 5.97 Å². The van der Waals surface area contributed by atoms with E-state index >= 15 is 0 Å². The first kappa shape index (κ1) is 19.4. The van der Waals surface area contributed by atoms with Crippen LogP contribution in [-0.4, -0.2) is 32.5 Å². The fraction of sp³-hybridized carbons (Fsp3) is 0.579. The van der Waals surface area contributed by atoms with Gasteiger partial charge in [0.2, 0.25) is 0 Å². The Bertz CT molecular complexity index is 793. The van der Waals surface area contributed by atoms with Crippen molar-refractivity contribution >= 4 is 33.2 Å². The molecule has 1 saturated carbocycles. The Morgan fingerprint density at radius 2 is 1.88 bits per heavy atom. The number of ether oxygens (including phenoxy) is 1. The maximum absolute atomic E-state index is 12.4. The third-order valence-electron chi connectivity index (χ3n) is 5.33. The molecule has 0 amide bonds. The number of carbonyl (C=O) groups excluding carboxylic acids is 2. The quantitative estimate of drug-likeness (QED) is 0.561. The zero-order valence-electron chi connectivity index (χ0n) is 14.7. The molecule has 3 rings (SSSR count). The molecule has 2 unspecified atom stereocenters. The molecule has 2 atom stereocenters. The second-order valence-corrected chi connectivity index (χ2v) is 9.72. The van der Waals surface area contributed by atoms with Crippen molar-refractivity contribution in [3.63, 3.8) is 0 Å². The van der Waals surface area contributed by atoms with Crippen molar-refractivity contribution in [2.24, 2.45) is 11.8 Å². The van der Waals surface area contributed by atoms with Crippen LogP contribution in [0.4, 0.5) is 0 Å². The SMILES string of the molecule is CS(=O)(=O)c1ccc(CCC2CC(=O)C(C3CCCC3)C(=O)O2)cc1Cl. The summed E-state index contributed by atoms with van der Waals surface area (Å²) in [6.07, 6.45) is 6.06. The highest BCUT2D eigenvalue weighted by atomic mass is 35.5. The Morgan fingerprint density at radius 1 is 1.19 bits per heavy atom. The molecule has 0 spiro atoms. The summed E-state index contributed by atoms with van der Waals surface area (Å²) in [6.45, 7) is 0. The molecular weight excluding hydrogens is 376 g/mol. The molecule has 26 heavy (non-hydrogen) atoms. The second-order valence-electron chi connectivity index (χ2n) is 7.33. The van der Waals surface area contributed by atoms with Crippen LogP contribution in [-0.2, 0) is 30.6 Å². The number of rotatable bonds is 5. The van der Waals surface area contributed by atoms with Crippen molar-refractivity contribution in [1.29, 1.82) is 0 Å². The third kappa shape index (κ3) is 4.29. The Balaban J connectivity index is 1.60. The molecule has 2 fully saturated rings. The number of ketones is 1. The van der Waals surface area contributed by atoms with Crippen molar-refractivity contribution in [2.45, 2.75) is 55.9 Å². The van der Waals surface area contributed by atoms with E-state index in [1.807, 2.05) is 0 Å². The highest BCUT2D eigenvalue weighted by Gasteiger charge is 2.42. The van der Waals surface area contributed by atoms with E-state index in [9.17, 15) is 18.0 Å². The van der Waals surface area contributed by atoms with Crippen LogP contribution in [0.3, 0.4) is 0 Å². The highest BCUT2D eigenvalue weighted by molar-refractivity contribution is 7.90. The molecule has 1 aliphatic carbocycles. The molecule has 1 heterocycles. The van der Waals surface area contributed by atoms with E-state index in [2.05, 4.69) is 0 Å². The monoisotopic (exact) mass is 398 g/mol. The van der Waals surface area contributed by atoms with E-state index in [4.69, 9.17) is 16.3 Å². The maximum Gasteiger partial charge on any atom is 0.317 e. The van der Waals surface area contributed by atoms with Gasteiger partial charge in [-0.05, 0) is 49.3 Å². The lowest BCUT2D eigenvalue weighted by Crippen LogP contribution is -2.41. The van der Waals surface area contributed by atoms with Gasteiger partial charge in [-0.1, -0.05) is 30.5 Å². The summed E-state index contributed by atoms with van der Waals surface area (Å²) in [5.74, 6) is -0.789. The van der Waals surface area contributed by atoms with E-state index in [1.165, 1.54) is 6.07 Å². The molecule has 1 aromatic carbocycles. The van der Waals surface area contributed by atoms with Crippen LogP contribution in [0.1, 0.15) is 44.1 Å². The van der Waals surface area contributed by atoms with Crippen LogP contribution in [0.2, 0.25) is 5.02 Å². The Hall–Kier alpha value is -1.40. The lowest BCUT2D eigenvalue weighted by atomic mass is 9.83. The van der Waals surface area contributed by atoms with Gasteiger partial charge in [0.1, 0.15) is 12.0 Å². The van der Waals surface area contributed by atoms with Gasteiger partial charge < -0.3 is 4.74 Å². The van der Waals surface area contributed by atoms with Gasteiger partial charge in [0.05, 0.1) is 9.92 Å². The Kier molecular flexibility index (Phi) is 5.72. The minimum absolute atomic E-state index is 0.00334. The van der Waals surface area contributed by atoms with Gasteiger partial charge in [0.15, 0.2) is 15.6 Å². The summed E-state index contributed by atoms with van der Waals surface area (Å²) in [5.41, 5.74) is 0.851. The highest BCUT2D eigenvalue weighted by Crippen LogP contribution is 2.36. The Morgan fingerprint density at radius 3 is 2.46 bits per heavy atom. The largest absolute Gasteiger partial charge is 0.461 e. The lowest BCUT2D eigenvalue weighted by Gasteiger charge is -2.30. The fourth-order valence-electron chi connectivity index (χ4n) is 4.00. The lowest BCUT2D eigenvalue weighted by molar-refractivity contribution is -0.167. The number of carbonyl (C=O) groups is 2. The van der Waals surface area contributed by atoms with Gasteiger partial charge in [-0.25, -0.2) is 8.42 Å². The first-order valence-corrected chi connectivity index (χ1v) is 11.2. The van der Waals surface area contributed by atoms with E-state index in [0.29, 0.717) is 12.8 Å². The zero-order valence-corrected chi connectivity index (χ0v) is 16.3. The molecule has 5 nitrogen and oxygen atoms in total. The van der Waals surface area contributed by atoms with Gasteiger partial charge in [0.25, 0.3) is 0 Å². The average molecular weight is 399 g/mol. The maximum atomic E-state index is 12.4. The van der Waals surface area contributed by atoms with Crippen molar-refractivity contribution in [1.82, 2.24) is 0 Å². The number of cyclic esters (lactones) is 1. The molecule has 1 aromatic rings. The summed E-state index contributed by atoms with van der Waals surface area (Å²) in [4.78, 5) is 24.8. The molecule has 0 radical (unpaired) electrons. The number of benzene rings is 1. The fourth-order valence-corrected chi connectivity index (χ4v) is 5.35. The number of esters is 1. The van der Waals surface area contributed by atoms with Crippen molar-refractivity contribution in [2.75, 3.05) is 6.26 Å². The molecule has 1 aliphatic heterocycles. The normalized spacial score (nSPS) is 24.7. The first-order valence-electron chi connectivity index (χ1n) is 8.97. The van der Waals surface area contributed by atoms with Gasteiger partial charge in [0, 0.05) is 12.7 Å². The number of hydrogen-bond acceptors (Lipinski definition) is 5. The van der Waals surface area contributed by atoms with E-state index < -0.39 is 21.9 Å². The molecule has 2 aliphatic rings. The number of sulfone groups is 1. The standard InChI is InChI=1S/C19H23ClO5S/c1-26(23,24)17-9-7-12(10-15(17)20)6-8-14-11-16(21)18(19(22)25-14)13-4-2-3-5-13/h7,9-10,13-14,18H,2-6,8,11H2,1H3.